The topological polar surface area (TPSA) is 26.8 Å². The van der Waals surface area contributed by atoms with E-state index >= 15 is 0 Å². The second-order valence-corrected chi connectivity index (χ2v) is 6.38. The Balaban J connectivity index is 1.45. The van der Waals surface area contributed by atoms with Crippen molar-refractivity contribution in [3.8, 4) is 0 Å². The van der Waals surface area contributed by atoms with Gasteiger partial charge in [-0.05, 0) is 31.6 Å². The third-order valence-electron chi connectivity index (χ3n) is 5.11. The summed E-state index contributed by atoms with van der Waals surface area (Å²) in [5.74, 6) is 0.843. The summed E-state index contributed by atoms with van der Waals surface area (Å²) >= 11 is 0. The minimum absolute atomic E-state index is 0.296. The minimum Gasteiger partial charge on any atom is -0.325 e. The quantitative estimate of drug-likeness (QED) is 0.763. The highest BCUT2D eigenvalue weighted by molar-refractivity contribution is 5.74. The zero-order valence-corrected chi connectivity index (χ0v) is 12.2. The predicted octanol–water partition coefficient (Wildman–Crippen LogP) is 2.01. The van der Waals surface area contributed by atoms with Crippen molar-refractivity contribution in [1.82, 2.24) is 14.7 Å². The molecule has 2 heterocycles. The number of nitrogens with zero attached hydrogens (tertiary/aromatic N) is 3. The van der Waals surface area contributed by atoms with Crippen molar-refractivity contribution >= 4 is 6.03 Å². The van der Waals surface area contributed by atoms with Crippen LogP contribution in [0.2, 0.25) is 0 Å². The summed E-state index contributed by atoms with van der Waals surface area (Å²) in [6.45, 7) is 8.25. The number of rotatable bonds is 2. The molecular formula is C15H27N3O. The van der Waals surface area contributed by atoms with Crippen LogP contribution in [-0.4, -0.2) is 66.0 Å². The molecule has 3 rings (SSSR count). The van der Waals surface area contributed by atoms with Crippen molar-refractivity contribution in [1.29, 1.82) is 0 Å². The van der Waals surface area contributed by atoms with Crippen molar-refractivity contribution in [2.75, 3.05) is 39.3 Å². The average Bonchev–Trinajstić information content (AvgIpc) is 3.31. The summed E-state index contributed by atoms with van der Waals surface area (Å²) < 4.78 is 0. The van der Waals surface area contributed by atoms with E-state index in [2.05, 4.69) is 21.6 Å². The number of likely N-dealkylation sites (tertiary alicyclic amines) is 1. The Morgan fingerprint density at radius 1 is 0.895 bits per heavy atom. The molecule has 19 heavy (non-hydrogen) atoms. The van der Waals surface area contributed by atoms with E-state index in [-0.39, 0.29) is 0 Å². The van der Waals surface area contributed by atoms with Crippen LogP contribution in [0.25, 0.3) is 0 Å². The lowest BCUT2D eigenvalue weighted by Gasteiger charge is -2.39. The number of piperazine rings is 1. The first-order valence-corrected chi connectivity index (χ1v) is 8.06. The van der Waals surface area contributed by atoms with Crippen LogP contribution in [0.15, 0.2) is 0 Å². The lowest BCUT2D eigenvalue weighted by Crippen LogP contribution is -2.54. The van der Waals surface area contributed by atoms with Gasteiger partial charge >= 0.3 is 6.03 Å². The van der Waals surface area contributed by atoms with Crippen LogP contribution >= 0.6 is 0 Å². The van der Waals surface area contributed by atoms with Gasteiger partial charge in [-0.3, -0.25) is 4.90 Å². The maximum absolute atomic E-state index is 12.5. The van der Waals surface area contributed by atoms with Gasteiger partial charge in [-0.2, -0.15) is 0 Å². The van der Waals surface area contributed by atoms with Crippen molar-refractivity contribution < 1.29 is 4.79 Å². The molecule has 0 unspecified atom stereocenters. The molecular weight excluding hydrogens is 238 g/mol. The van der Waals surface area contributed by atoms with Crippen LogP contribution in [0.4, 0.5) is 4.79 Å². The zero-order chi connectivity index (χ0) is 13.2. The Morgan fingerprint density at radius 2 is 1.47 bits per heavy atom. The molecule has 1 saturated carbocycles. The Hall–Kier alpha value is -0.770. The second kappa shape index (κ2) is 5.70. The summed E-state index contributed by atoms with van der Waals surface area (Å²) in [4.78, 5) is 19.2. The molecule has 0 bridgehead atoms. The lowest BCUT2D eigenvalue weighted by atomic mass is 9.95. The van der Waals surface area contributed by atoms with Crippen LogP contribution in [0.1, 0.15) is 39.0 Å². The fourth-order valence-electron chi connectivity index (χ4n) is 3.45. The van der Waals surface area contributed by atoms with E-state index < -0.39 is 0 Å². The Kier molecular flexibility index (Phi) is 3.96. The fourth-order valence-corrected chi connectivity index (χ4v) is 3.45. The summed E-state index contributed by atoms with van der Waals surface area (Å²) in [6, 6.07) is 1.14. The molecule has 2 amide bonds. The molecule has 0 atom stereocenters. The molecule has 2 aliphatic heterocycles. The van der Waals surface area contributed by atoms with E-state index in [1.54, 1.807) is 0 Å². The summed E-state index contributed by atoms with van der Waals surface area (Å²) in [7, 11) is 0. The van der Waals surface area contributed by atoms with Crippen molar-refractivity contribution in [3.63, 3.8) is 0 Å². The highest BCUT2D eigenvalue weighted by Crippen LogP contribution is 2.28. The first-order valence-electron chi connectivity index (χ1n) is 8.06. The fraction of sp³-hybridized carbons (Fsp3) is 0.933. The Bertz CT molecular complexity index is 313. The summed E-state index contributed by atoms with van der Waals surface area (Å²) in [6.07, 6.45) is 6.41. The third kappa shape index (κ3) is 3.04. The third-order valence-corrected chi connectivity index (χ3v) is 5.11. The molecule has 0 radical (unpaired) electrons. The van der Waals surface area contributed by atoms with E-state index in [1.807, 2.05) is 0 Å². The molecule has 3 fully saturated rings. The van der Waals surface area contributed by atoms with Crippen molar-refractivity contribution in [3.05, 3.63) is 0 Å². The number of carbonyl (C=O) groups is 1. The first kappa shape index (κ1) is 13.2. The molecule has 1 aliphatic carbocycles. The van der Waals surface area contributed by atoms with Gasteiger partial charge in [0.25, 0.3) is 0 Å². The number of carbonyl (C=O) groups excluding carboxylic acids is 1. The Morgan fingerprint density at radius 3 is 2.00 bits per heavy atom. The number of hydrogen-bond donors (Lipinski definition) is 0. The highest BCUT2D eigenvalue weighted by Gasteiger charge is 2.33. The standard InChI is InChI=1S/C15H27N3O/c1-2-13-5-7-17(8-6-13)15(19)18-11-9-16(10-12-18)14-3-4-14/h13-14H,2-12H2,1H3. The molecule has 0 aromatic heterocycles. The maximum atomic E-state index is 12.5. The van der Waals surface area contributed by atoms with Gasteiger partial charge in [-0.15, -0.1) is 0 Å². The largest absolute Gasteiger partial charge is 0.325 e. The van der Waals surface area contributed by atoms with Crippen LogP contribution < -0.4 is 0 Å². The lowest BCUT2D eigenvalue weighted by molar-refractivity contribution is 0.0982. The van der Waals surface area contributed by atoms with Gasteiger partial charge in [0.05, 0.1) is 0 Å². The number of amides is 2. The van der Waals surface area contributed by atoms with Gasteiger partial charge in [0.15, 0.2) is 0 Å². The van der Waals surface area contributed by atoms with Gasteiger partial charge in [0.2, 0.25) is 0 Å². The average molecular weight is 265 g/mol. The summed E-state index contributed by atoms with van der Waals surface area (Å²) in [5, 5.41) is 0. The number of hydrogen-bond acceptors (Lipinski definition) is 2. The monoisotopic (exact) mass is 265 g/mol. The van der Waals surface area contributed by atoms with Crippen LogP contribution in [-0.2, 0) is 0 Å². The molecule has 0 aromatic rings. The maximum Gasteiger partial charge on any atom is 0.320 e. The number of piperidine rings is 1. The number of urea groups is 1. The molecule has 0 N–H and O–H groups in total. The van der Waals surface area contributed by atoms with E-state index in [9.17, 15) is 4.79 Å². The van der Waals surface area contributed by atoms with E-state index in [4.69, 9.17) is 0 Å². The molecule has 4 nitrogen and oxygen atoms in total. The highest BCUT2D eigenvalue weighted by atomic mass is 16.2. The van der Waals surface area contributed by atoms with E-state index in [1.165, 1.54) is 32.1 Å². The second-order valence-electron chi connectivity index (χ2n) is 6.38. The van der Waals surface area contributed by atoms with Crippen LogP contribution in [0, 0.1) is 5.92 Å². The van der Waals surface area contributed by atoms with Gasteiger partial charge in [-0.25, -0.2) is 4.79 Å². The molecule has 3 aliphatic rings. The van der Waals surface area contributed by atoms with Gasteiger partial charge in [0.1, 0.15) is 0 Å². The summed E-state index contributed by atoms with van der Waals surface area (Å²) in [5.41, 5.74) is 0. The van der Waals surface area contributed by atoms with Gasteiger partial charge in [0, 0.05) is 45.3 Å². The molecule has 0 spiro atoms. The van der Waals surface area contributed by atoms with Gasteiger partial charge < -0.3 is 9.80 Å². The normalized spacial score (nSPS) is 26.8. The van der Waals surface area contributed by atoms with Crippen LogP contribution in [0.3, 0.4) is 0 Å². The first-order chi connectivity index (χ1) is 9.28. The Labute approximate surface area is 116 Å². The van der Waals surface area contributed by atoms with E-state index in [0.717, 1.165) is 51.2 Å². The van der Waals surface area contributed by atoms with Crippen molar-refractivity contribution in [2.24, 2.45) is 5.92 Å². The molecule has 0 aromatic carbocycles. The SMILES string of the molecule is CCC1CCN(C(=O)N2CCN(C3CC3)CC2)CC1. The molecule has 4 heteroatoms. The minimum atomic E-state index is 0.296. The van der Waals surface area contributed by atoms with E-state index in [0.29, 0.717) is 6.03 Å². The van der Waals surface area contributed by atoms with Crippen LogP contribution in [0.5, 0.6) is 0 Å². The van der Waals surface area contributed by atoms with Crippen molar-refractivity contribution in [2.45, 2.75) is 45.1 Å². The molecule has 2 saturated heterocycles. The zero-order valence-electron chi connectivity index (χ0n) is 12.2. The molecule has 108 valence electrons. The smallest absolute Gasteiger partial charge is 0.320 e. The predicted molar refractivity (Wildman–Crippen MR) is 76.2 cm³/mol. The van der Waals surface area contributed by atoms with Gasteiger partial charge in [-0.1, -0.05) is 13.3 Å².